The molecule has 0 fully saturated rings. The summed E-state index contributed by atoms with van der Waals surface area (Å²) in [6.07, 6.45) is 0.657. The summed E-state index contributed by atoms with van der Waals surface area (Å²) in [4.78, 5) is 0. The fourth-order valence-corrected chi connectivity index (χ4v) is 2.08. The number of hydrogen-bond donors (Lipinski definition) is 0. The van der Waals surface area contributed by atoms with E-state index in [1.807, 2.05) is 6.92 Å². The third-order valence-electron chi connectivity index (χ3n) is 3.03. The van der Waals surface area contributed by atoms with E-state index in [1.165, 1.54) is 6.07 Å². The molecule has 2 aromatic carbocycles. The first-order valence-corrected chi connectivity index (χ1v) is 5.88. The van der Waals surface area contributed by atoms with Crippen LogP contribution in [0.25, 0.3) is 11.1 Å². The van der Waals surface area contributed by atoms with Crippen molar-refractivity contribution in [1.29, 1.82) is 0 Å². The van der Waals surface area contributed by atoms with Crippen LogP contribution < -0.4 is 0 Å². The average Bonchev–Trinajstić information content (AvgIpc) is 2.34. The molecule has 0 aromatic heterocycles. The minimum absolute atomic E-state index is 0.00551. The number of rotatable bonds is 2. The van der Waals surface area contributed by atoms with Gasteiger partial charge in [-0.1, -0.05) is 13.0 Å². The van der Waals surface area contributed by atoms with Gasteiger partial charge in [0, 0.05) is 5.56 Å². The van der Waals surface area contributed by atoms with Crippen LogP contribution in [0.3, 0.4) is 0 Å². The molecule has 19 heavy (non-hydrogen) atoms. The lowest BCUT2D eigenvalue weighted by molar-refractivity contribution is 0.447. The summed E-state index contributed by atoms with van der Waals surface area (Å²) in [6.45, 7) is 3.53. The molecule has 0 heterocycles. The molecule has 0 saturated heterocycles. The molecule has 0 aliphatic heterocycles. The molecule has 0 N–H and O–H groups in total. The molecule has 0 amide bonds. The van der Waals surface area contributed by atoms with Gasteiger partial charge in [0.05, 0.1) is 0 Å². The van der Waals surface area contributed by atoms with E-state index >= 15 is 0 Å². The number of halogens is 4. The Morgan fingerprint density at radius 1 is 0.842 bits per heavy atom. The third kappa shape index (κ3) is 2.48. The average molecular weight is 268 g/mol. The fraction of sp³-hybridized carbons (Fsp3) is 0.200. The lowest BCUT2D eigenvalue weighted by atomic mass is 9.96. The van der Waals surface area contributed by atoms with Crippen LogP contribution in [-0.2, 0) is 6.42 Å². The van der Waals surface area contributed by atoms with Crippen molar-refractivity contribution in [2.75, 3.05) is 0 Å². The maximum absolute atomic E-state index is 14.0. The highest BCUT2D eigenvalue weighted by molar-refractivity contribution is 5.68. The van der Waals surface area contributed by atoms with Gasteiger partial charge in [0.25, 0.3) is 0 Å². The van der Waals surface area contributed by atoms with Gasteiger partial charge in [0.1, 0.15) is 5.82 Å². The molecule has 2 aromatic rings. The van der Waals surface area contributed by atoms with Gasteiger partial charge in [0.15, 0.2) is 17.5 Å². The smallest absolute Gasteiger partial charge is 0.194 e. The van der Waals surface area contributed by atoms with E-state index in [9.17, 15) is 17.6 Å². The molecule has 0 radical (unpaired) electrons. The molecule has 0 bridgehead atoms. The van der Waals surface area contributed by atoms with E-state index in [2.05, 4.69) is 0 Å². The molecule has 0 unspecified atom stereocenters. The first-order valence-electron chi connectivity index (χ1n) is 5.88. The Kier molecular flexibility index (Phi) is 3.60. The van der Waals surface area contributed by atoms with Crippen LogP contribution >= 0.6 is 0 Å². The normalized spacial score (nSPS) is 10.8. The second-order valence-corrected chi connectivity index (χ2v) is 4.38. The summed E-state index contributed by atoms with van der Waals surface area (Å²) < 4.78 is 53.3. The van der Waals surface area contributed by atoms with Crippen LogP contribution in [0.4, 0.5) is 17.6 Å². The predicted molar refractivity (Wildman–Crippen MR) is 65.8 cm³/mol. The van der Waals surface area contributed by atoms with E-state index in [1.54, 1.807) is 13.0 Å². The Morgan fingerprint density at radius 3 is 1.89 bits per heavy atom. The molecule has 0 nitrogen and oxygen atoms in total. The van der Waals surface area contributed by atoms with E-state index in [0.29, 0.717) is 12.0 Å². The van der Waals surface area contributed by atoms with Gasteiger partial charge in [-0.2, -0.15) is 0 Å². The minimum Gasteiger partial charge on any atom is -0.206 e. The standard InChI is InChI=1S/C15H12F4/c1-3-9-4-8(2)14(11(16)5-9)10-6-12(17)15(19)13(18)7-10/h4-7H,3H2,1-2H3. The first-order chi connectivity index (χ1) is 8.93. The Balaban J connectivity index is 2.66. The zero-order chi connectivity index (χ0) is 14.2. The summed E-state index contributed by atoms with van der Waals surface area (Å²) in [7, 11) is 0. The highest BCUT2D eigenvalue weighted by Crippen LogP contribution is 2.30. The topological polar surface area (TPSA) is 0 Å². The number of aryl methyl sites for hydroxylation is 2. The second kappa shape index (κ2) is 5.03. The molecule has 4 heteroatoms. The summed E-state index contributed by atoms with van der Waals surface area (Å²) in [6, 6.07) is 4.67. The minimum atomic E-state index is -1.55. The van der Waals surface area contributed by atoms with Gasteiger partial charge in [-0.25, -0.2) is 17.6 Å². The number of benzene rings is 2. The molecule has 2 rings (SSSR count). The molecule has 100 valence electrons. The molecule has 0 spiro atoms. The molecule has 0 saturated carbocycles. The van der Waals surface area contributed by atoms with Crippen molar-refractivity contribution in [2.45, 2.75) is 20.3 Å². The van der Waals surface area contributed by atoms with Gasteiger partial charge in [-0.05, 0) is 48.2 Å². The van der Waals surface area contributed by atoms with Gasteiger partial charge < -0.3 is 0 Å². The Hall–Kier alpha value is -1.84. The van der Waals surface area contributed by atoms with Crippen molar-refractivity contribution in [3.63, 3.8) is 0 Å². The SMILES string of the molecule is CCc1cc(C)c(-c2cc(F)c(F)c(F)c2)c(F)c1. The van der Waals surface area contributed by atoms with E-state index in [0.717, 1.165) is 17.7 Å². The Labute approximate surface area is 108 Å². The summed E-state index contributed by atoms with van der Waals surface area (Å²) in [5, 5.41) is 0. The van der Waals surface area contributed by atoms with Crippen LogP contribution in [0.15, 0.2) is 24.3 Å². The van der Waals surface area contributed by atoms with E-state index < -0.39 is 23.3 Å². The van der Waals surface area contributed by atoms with Gasteiger partial charge in [-0.15, -0.1) is 0 Å². The van der Waals surface area contributed by atoms with E-state index in [-0.39, 0.29) is 11.1 Å². The molecular formula is C15H12F4. The Morgan fingerprint density at radius 2 is 1.42 bits per heavy atom. The first kappa shape index (κ1) is 13.6. The largest absolute Gasteiger partial charge is 0.206 e. The van der Waals surface area contributed by atoms with Crippen LogP contribution in [0.1, 0.15) is 18.1 Å². The van der Waals surface area contributed by atoms with Crippen LogP contribution in [0, 0.1) is 30.2 Å². The maximum Gasteiger partial charge on any atom is 0.194 e. The van der Waals surface area contributed by atoms with Crippen LogP contribution in [-0.4, -0.2) is 0 Å². The van der Waals surface area contributed by atoms with Crippen molar-refractivity contribution < 1.29 is 17.6 Å². The van der Waals surface area contributed by atoms with Crippen LogP contribution in [0.2, 0.25) is 0 Å². The lowest BCUT2D eigenvalue weighted by Gasteiger charge is -2.10. The van der Waals surface area contributed by atoms with Crippen molar-refractivity contribution in [2.24, 2.45) is 0 Å². The predicted octanol–water partition coefficient (Wildman–Crippen LogP) is 4.78. The number of hydrogen-bond acceptors (Lipinski definition) is 0. The van der Waals surface area contributed by atoms with E-state index in [4.69, 9.17) is 0 Å². The third-order valence-corrected chi connectivity index (χ3v) is 3.03. The second-order valence-electron chi connectivity index (χ2n) is 4.38. The zero-order valence-corrected chi connectivity index (χ0v) is 10.5. The van der Waals surface area contributed by atoms with Crippen LogP contribution in [0.5, 0.6) is 0 Å². The quantitative estimate of drug-likeness (QED) is 0.543. The lowest BCUT2D eigenvalue weighted by Crippen LogP contribution is -1.97. The fourth-order valence-electron chi connectivity index (χ4n) is 2.08. The van der Waals surface area contributed by atoms with Crippen molar-refractivity contribution in [3.8, 4) is 11.1 Å². The molecule has 0 aliphatic rings. The summed E-state index contributed by atoms with van der Waals surface area (Å²) >= 11 is 0. The zero-order valence-electron chi connectivity index (χ0n) is 10.5. The molecule has 0 atom stereocenters. The van der Waals surface area contributed by atoms with Crippen molar-refractivity contribution in [1.82, 2.24) is 0 Å². The molecule has 0 aliphatic carbocycles. The van der Waals surface area contributed by atoms with Crippen molar-refractivity contribution in [3.05, 3.63) is 58.7 Å². The molecular weight excluding hydrogens is 256 g/mol. The maximum atomic E-state index is 14.0. The highest BCUT2D eigenvalue weighted by atomic mass is 19.2. The van der Waals surface area contributed by atoms with Gasteiger partial charge >= 0.3 is 0 Å². The highest BCUT2D eigenvalue weighted by Gasteiger charge is 2.16. The van der Waals surface area contributed by atoms with Gasteiger partial charge in [0.2, 0.25) is 0 Å². The summed E-state index contributed by atoms with van der Waals surface area (Å²) in [5.74, 6) is -4.77. The van der Waals surface area contributed by atoms with Crippen molar-refractivity contribution >= 4 is 0 Å². The van der Waals surface area contributed by atoms with Gasteiger partial charge in [-0.3, -0.25) is 0 Å². The summed E-state index contributed by atoms with van der Waals surface area (Å²) in [5.41, 5.74) is 1.44. The Bertz CT molecular complexity index is 586. The monoisotopic (exact) mass is 268 g/mol.